The third-order valence-corrected chi connectivity index (χ3v) is 10.0. The first-order valence-electron chi connectivity index (χ1n) is 9.43. The Balaban J connectivity index is 1.96. The van der Waals surface area contributed by atoms with Crippen LogP contribution in [-0.2, 0) is 11.3 Å². The van der Waals surface area contributed by atoms with Gasteiger partial charge < -0.3 is 9.16 Å². The molecule has 0 radical (unpaired) electrons. The van der Waals surface area contributed by atoms with Crippen LogP contribution in [0.25, 0.3) is 0 Å². The number of allylic oxidation sites excluding steroid dienone is 2. The summed E-state index contributed by atoms with van der Waals surface area (Å²) in [6, 6.07) is 6.08. The van der Waals surface area contributed by atoms with Gasteiger partial charge in [-0.05, 0) is 67.9 Å². The van der Waals surface area contributed by atoms with Crippen molar-refractivity contribution in [1.29, 1.82) is 0 Å². The highest BCUT2D eigenvalue weighted by Crippen LogP contribution is 2.39. The van der Waals surface area contributed by atoms with E-state index in [1.165, 1.54) is 12.8 Å². The van der Waals surface area contributed by atoms with Crippen molar-refractivity contribution in [2.75, 3.05) is 0 Å². The normalized spacial score (nSPS) is 20.6. The van der Waals surface area contributed by atoms with Gasteiger partial charge in [-0.15, -0.1) is 0 Å². The average Bonchev–Trinajstić information content (AvgIpc) is 2.47. The molecule has 2 nitrogen and oxygen atoms in total. The van der Waals surface area contributed by atoms with Gasteiger partial charge in [0.15, 0.2) is 0 Å². The first kappa shape index (κ1) is 20.5. The Bertz CT molecular complexity index is 590. The fraction of sp³-hybridized carbons (Fsp3) is 0.619. The number of hydrogen-bond acceptors (Lipinski definition) is 2. The molecule has 0 N–H and O–H groups in total. The molecule has 140 valence electrons. The lowest BCUT2D eigenvalue weighted by Crippen LogP contribution is -2.43. The summed E-state index contributed by atoms with van der Waals surface area (Å²) < 4.78 is 12.5. The van der Waals surface area contributed by atoms with Gasteiger partial charge >= 0.3 is 0 Å². The summed E-state index contributed by atoms with van der Waals surface area (Å²) in [5.41, 5.74) is 1.12. The summed E-state index contributed by atoms with van der Waals surface area (Å²) in [5, 5.41) is 0.844. The van der Waals surface area contributed by atoms with E-state index in [1.54, 1.807) is 0 Å². The summed E-state index contributed by atoms with van der Waals surface area (Å²) in [5.74, 6) is 0.799. The Hall–Kier alpha value is -0.773. The summed E-state index contributed by atoms with van der Waals surface area (Å²) in [7, 11) is -1.87. The lowest BCUT2D eigenvalue weighted by atomic mass is 10.0. The van der Waals surface area contributed by atoms with E-state index >= 15 is 0 Å². The van der Waals surface area contributed by atoms with Gasteiger partial charge in [0.25, 0.3) is 8.32 Å². The van der Waals surface area contributed by atoms with Crippen molar-refractivity contribution in [3.05, 3.63) is 40.9 Å². The van der Waals surface area contributed by atoms with E-state index in [0.717, 1.165) is 30.6 Å². The van der Waals surface area contributed by atoms with E-state index in [9.17, 15) is 0 Å². The van der Waals surface area contributed by atoms with Crippen molar-refractivity contribution in [3.8, 4) is 5.75 Å². The molecule has 0 bridgehead atoms. The first-order chi connectivity index (χ1) is 11.7. The molecule has 0 amide bonds. The molecule has 0 aliphatic heterocycles. The standard InChI is InChI=1S/C21H33ClO2Si/c1-21(2,3)25(4,5)24-20-14-13-17(15-19(20)22)16-23-18-11-9-7-6-8-10-12-18/h6-7,13-15,18H,8-12,16H2,1-5H3/b7-6-. The highest BCUT2D eigenvalue weighted by Gasteiger charge is 2.39. The van der Waals surface area contributed by atoms with Gasteiger partial charge in [0.1, 0.15) is 5.75 Å². The molecule has 0 spiro atoms. The van der Waals surface area contributed by atoms with E-state index in [-0.39, 0.29) is 5.04 Å². The molecule has 1 aliphatic rings. The largest absolute Gasteiger partial charge is 0.543 e. The Kier molecular flexibility index (Phi) is 7.18. The average molecular weight is 381 g/mol. The summed E-state index contributed by atoms with van der Waals surface area (Å²) in [4.78, 5) is 0. The van der Waals surface area contributed by atoms with E-state index in [1.807, 2.05) is 12.1 Å². The van der Waals surface area contributed by atoms with Crippen LogP contribution in [0.4, 0.5) is 0 Å². The predicted octanol–water partition coefficient (Wildman–Crippen LogP) is 7.13. The second-order valence-electron chi connectivity index (χ2n) is 8.54. The van der Waals surface area contributed by atoms with Crippen molar-refractivity contribution >= 4 is 19.9 Å². The molecule has 2 rings (SSSR count). The molecule has 0 saturated heterocycles. The van der Waals surface area contributed by atoms with Crippen LogP contribution >= 0.6 is 11.6 Å². The fourth-order valence-corrected chi connectivity index (χ4v) is 3.99. The zero-order valence-corrected chi connectivity index (χ0v) is 18.2. The van der Waals surface area contributed by atoms with Crippen molar-refractivity contribution in [2.45, 2.75) is 83.7 Å². The molecule has 1 aromatic carbocycles. The zero-order valence-electron chi connectivity index (χ0n) is 16.4. The summed E-state index contributed by atoms with van der Waals surface area (Å²) >= 11 is 6.49. The minimum Gasteiger partial charge on any atom is -0.543 e. The Labute approximate surface area is 159 Å². The minimum atomic E-state index is -1.87. The highest BCUT2D eigenvalue weighted by molar-refractivity contribution is 6.74. The van der Waals surface area contributed by atoms with Gasteiger partial charge in [0.05, 0.1) is 17.7 Å². The van der Waals surface area contributed by atoms with Crippen LogP contribution in [0.2, 0.25) is 23.2 Å². The van der Waals surface area contributed by atoms with Crippen molar-refractivity contribution < 1.29 is 9.16 Å². The molecule has 4 heteroatoms. The number of rotatable bonds is 5. The maximum absolute atomic E-state index is 6.49. The molecule has 0 aromatic heterocycles. The SMILES string of the molecule is CC(C)(C)[Si](C)(C)Oc1ccc(COC2CC/C=C\CCC2)cc1Cl. The van der Waals surface area contributed by atoms with Crippen LogP contribution < -0.4 is 4.43 Å². The van der Waals surface area contributed by atoms with Gasteiger partial charge in [0, 0.05) is 0 Å². The third kappa shape index (κ3) is 6.16. The van der Waals surface area contributed by atoms with Gasteiger partial charge in [-0.25, -0.2) is 0 Å². The molecule has 1 atom stereocenters. The molecular weight excluding hydrogens is 348 g/mol. The topological polar surface area (TPSA) is 18.5 Å². The number of ether oxygens (including phenoxy) is 1. The van der Waals surface area contributed by atoms with Crippen LogP contribution in [-0.4, -0.2) is 14.4 Å². The van der Waals surface area contributed by atoms with Gasteiger partial charge in [-0.3, -0.25) is 0 Å². The number of halogens is 1. The Morgan fingerprint density at radius 2 is 1.84 bits per heavy atom. The zero-order chi connectivity index (χ0) is 18.5. The van der Waals surface area contributed by atoms with Crippen molar-refractivity contribution in [3.63, 3.8) is 0 Å². The molecule has 0 heterocycles. The summed E-state index contributed by atoms with van der Waals surface area (Å²) in [6.07, 6.45) is 10.7. The lowest BCUT2D eigenvalue weighted by molar-refractivity contribution is 0.0284. The van der Waals surface area contributed by atoms with Crippen LogP contribution in [0.3, 0.4) is 0 Å². The molecule has 0 saturated carbocycles. The Morgan fingerprint density at radius 1 is 1.12 bits per heavy atom. The molecular formula is C21H33ClO2Si. The monoisotopic (exact) mass is 380 g/mol. The van der Waals surface area contributed by atoms with E-state index < -0.39 is 8.32 Å². The van der Waals surface area contributed by atoms with Crippen molar-refractivity contribution in [1.82, 2.24) is 0 Å². The number of benzene rings is 1. The highest BCUT2D eigenvalue weighted by atomic mass is 35.5. The summed E-state index contributed by atoms with van der Waals surface area (Å²) in [6.45, 7) is 11.8. The molecule has 1 unspecified atom stereocenters. The molecule has 1 aromatic rings. The van der Waals surface area contributed by atoms with Gasteiger partial charge in [0.2, 0.25) is 0 Å². The smallest absolute Gasteiger partial charge is 0.250 e. The van der Waals surface area contributed by atoms with E-state index in [2.05, 4.69) is 52.1 Å². The van der Waals surface area contributed by atoms with Crippen LogP contribution in [0.1, 0.15) is 58.4 Å². The molecule has 25 heavy (non-hydrogen) atoms. The van der Waals surface area contributed by atoms with Crippen LogP contribution in [0.5, 0.6) is 5.75 Å². The van der Waals surface area contributed by atoms with Gasteiger partial charge in [-0.1, -0.05) is 50.6 Å². The van der Waals surface area contributed by atoms with Crippen molar-refractivity contribution in [2.24, 2.45) is 0 Å². The maximum Gasteiger partial charge on any atom is 0.250 e. The first-order valence-corrected chi connectivity index (χ1v) is 12.7. The molecule has 0 fully saturated rings. The minimum absolute atomic E-state index is 0.158. The Morgan fingerprint density at radius 3 is 2.52 bits per heavy atom. The lowest BCUT2D eigenvalue weighted by Gasteiger charge is -2.36. The third-order valence-electron chi connectivity index (χ3n) is 5.37. The van der Waals surface area contributed by atoms with Crippen LogP contribution in [0.15, 0.2) is 30.4 Å². The quantitative estimate of drug-likeness (QED) is 0.399. The number of hydrogen-bond donors (Lipinski definition) is 0. The van der Waals surface area contributed by atoms with E-state index in [0.29, 0.717) is 17.7 Å². The molecule has 1 aliphatic carbocycles. The second-order valence-corrected chi connectivity index (χ2v) is 13.7. The van der Waals surface area contributed by atoms with Crippen LogP contribution in [0, 0.1) is 0 Å². The fourth-order valence-electron chi connectivity index (χ4n) is 2.65. The predicted molar refractivity (Wildman–Crippen MR) is 110 cm³/mol. The van der Waals surface area contributed by atoms with E-state index in [4.69, 9.17) is 20.8 Å². The van der Waals surface area contributed by atoms with Gasteiger partial charge in [-0.2, -0.15) is 0 Å². The maximum atomic E-state index is 6.49. The second kappa shape index (κ2) is 8.74.